The number of rotatable bonds is 2. The Kier molecular flexibility index (Phi) is 3.75. The summed E-state index contributed by atoms with van der Waals surface area (Å²) in [6.45, 7) is 2.78. The lowest BCUT2D eigenvalue weighted by atomic mass is 9.97. The highest BCUT2D eigenvalue weighted by atomic mass is 32.1. The molecule has 25 heavy (non-hydrogen) atoms. The lowest BCUT2D eigenvalue weighted by Gasteiger charge is -2.31. The van der Waals surface area contributed by atoms with E-state index < -0.39 is 0 Å². The number of thiazole rings is 1. The monoisotopic (exact) mass is 360 g/mol. The van der Waals surface area contributed by atoms with Crippen LogP contribution in [-0.4, -0.2) is 48.5 Å². The second-order valence-corrected chi connectivity index (χ2v) is 6.96. The molecule has 1 saturated heterocycles. The van der Waals surface area contributed by atoms with Crippen LogP contribution >= 0.6 is 11.3 Å². The third kappa shape index (κ3) is 2.68. The van der Waals surface area contributed by atoms with Crippen LogP contribution in [0.5, 0.6) is 0 Å². The van der Waals surface area contributed by atoms with Crippen LogP contribution in [-0.2, 0) is 0 Å². The molecule has 1 amide bonds. The first-order valence-corrected chi connectivity index (χ1v) is 8.82. The van der Waals surface area contributed by atoms with Crippen molar-refractivity contribution in [3.05, 3.63) is 49.5 Å². The Hall–Kier alpha value is -2.75. The number of H-pyrrole nitrogens is 2. The summed E-state index contributed by atoms with van der Waals surface area (Å²) in [6, 6.07) is 0. The van der Waals surface area contributed by atoms with Gasteiger partial charge in [-0.15, -0.1) is 11.3 Å². The summed E-state index contributed by atoms with van der Waals surface area (Å²) in [7, 11) is 0. The molecule has 1 aliphatic rings. The van der Waals surface area contributed by atoms with Gasteiger partial charge in [-0.1, -0.05) is 0 Å². The minimum absolute atomic E-state index is 0.0565. The topological polar surface area (TPSA) is 116 Å². The molecule has 0 radical (unpaired) electrons. The molecule has 0 bridgehead atoms. The van der Waals surface area contributed by atoms with Crippen LogP contribution < -0.4 is 11.2 Å². The zero-order valence-electron chi connectivity index (χ0n) is 13.5. The van der Waals surface area contributed by atoms with E-state index in [1.54, 1.807) is 4.90 Å². The quantitative estimate of drug-likeness (QED) is 0.690. The van der Waals surface area contributed by atoms with Gasteiger partial charge in [0.1, 0.15) is 11.4 Å². The molecular weight excluding hydrogens is 344 g/mol. The number of likely N-dealkylation sites (tertiary alicyclic amines) is 1. The van der Waals surface area contributed by atoms with Gasteiger partial charge in [-0.3, -0.25) is 19.0 Å². The van der Waals surface area contributed by atoms with Gasteiger partial charge in [-0.05, 0) is 19.8 Å². The van der Waals surface area contributed by atoms with Gasteiger partial charge in [0.2, 0.25) is 0 Å². The van der Waals surface area contributed by atoms with Crippen LogP contribution in [0.15, 0.2) is 21.2 Å². The average molecular weight is 360 g/mol. The summed E-state index contributed by atoms with van der Waals surface area (Å²) in [5.41, 5.74) is 0.122. The first-order chi connectivity index (χ1) is 12.0. The fourth-order valence-corrected chi connectivity index (χ4v) is 4.03. The highest BCUT2D eigenvalue weighted by Gasteiger charge is 2.29. The van der Waals surface area contributed by atoms with Crippen molar-refractivity contribution in [2.45, 2.75) is 25.7 Å². The van der Waals surface area contributed by atoms with E-state index in [0.29, 0.717) is 23.9 Å². The van der Waals surface area contributed by atoms with Crippen molar-refractivity contribution >= 4 is 22.2 Å². The summed E-state index contributed by atoms with van der Waals surface area (Å²) >= 11 is 1.37. The third-order valence-electron chi connectivity index (χ3n) is 4.46. The maximum Gasteiger partial charge on any atom is 0.340 e. The van der Waals surface area contributed by atoms with Crippen LogP contribution in [0.1, 0.15) is 40.6 Å². The molecule has 0 aliphatic carbocycles. The van der Waals surface area contributed by atoms with E-state index in [-0.39, 0.29) is 28.6 Å². The zero-order valence-corrected chi connectivity index (χ0v) is 14.3. The molecule has 3 aromatic heterocycles. The number of aromatic amines is 2. The van der Waals surface area contributed by atoms with Crippen molar-refractivity contribution in [1.29, 1.82) is 0 Å². The van der Waals surface area contributed by atoms with Crippen molar-refractivity contribution < 1.29 is 4.79 Å². The second kappa shape index (κ2) is 5.96. The van der Waals surface area contributed by atoms with Gasteiger partial charge >= 0.3 is 5.69 Å². The van der Waals surface area contributed by atoms with Crippen LogP contribution in [0.2, 0.25) is 0 Å². The maximum absolute atomic E-state index is 12.9. The fourth-order valence-electron chi connectivity index (χ4n) is 3.20. The van der Waals surface area contributed by atoms with E-state index in [1.807, 2.05) is 12.3 Å². The summed E-state index contributed by atoms with van der Waals surface area (Å²) in [5.74, 6) is 0.153. The van der Waals surface area contributed by atoms with Gasteiger partial charge < -0.3 is 4.90 Å². The number of aryl methyl sites for hydroxylation is 1. The molecular formula is C15H16N6O3S. The summed E-state index contributed by atoms with van der Waals surface area (Å²) in [6.07, 6.45) is 2.96. The number of carbonyl (C=O) groups is 1. The number of fused-ring (bicyclic) bond motifs is 1. The average Bonchev–Trinajstić information content (AvgIpc) is 3.21. The maximum atomic E-state index is 12.9. The normalized spacial score (nSPS) is 18.0. The number of nitrogens with one attached hydrogen (secondary N) is 2. The number of hydrogen-bond donors (Lipinski definition) is 2. The van der Waals surface area contributed by atoms with Gasteiger partial charge in [0.25, 0.3) is 11.5 Å². The molecule has 1 aliphatic heterocycles. The van der Waals surface area contributed by atoms with E-state index in [9.17, 15) is 14.4 Å². The first kappa shape index (κ1) is 15.8. The van der Waals surface area contributed by atoms with Gasteiger partial charge in [0, 0.05) is 36.3 Å². The molecule has 0 aromatic carbocycles. The van der Waals surface area contributed by atoms with E-state index in [0.717, 1.165) is 18.5 Å². The Balaban J connectivity index is 1.64. The standard InChI is InChI=1S/C15H16N6O3S/c1-8-7-25-15-16-5-10(13(23)21(8)15)12(22)20-4-2-3-9(6-20)11-17-14(24)19-18-11/h5,7,9H,2-4,6H2,1H3,(H2,17,18,19,24). The first-order valence-electron chi connectivity index (χ1n) is 7.94. The lowest BCUT2D eigenvalue weighted by molar-refractivity contribution is 0.0702. The highest BCUT2D eigenvalue weighted by molar-refractivity contribution is 7.15. The molecule has 1 atom stereocenters. The lowest BCUT2D eigenvalue weighted by Crippen LogP contribution is -2.42. The summed E-state index contributed by atoms with van der Waals surface area (Å²) in [5, 5.41) is 8.14. The smallest absolute Gasteiger partial charge is 0.338 e. The Morgan fingerprint density at radius 3 is 3.00 bits per heavy atom. The molecule has 4 heterocycles. The Labute approximate surface area is 145 Å². The van der Waals surface area contributed by atoms with Crippen LogP contribution in [0.4, 0.5) is 0 Å². The van der Waals surface area contributed by atoms with E-state index in [2.05, 4.69) is 20.2 Å². The SMILES string of the molecule is Cc1csc2ncc(C(=O)N3CCCC(c4n[nH]c(=O)[nH]4)C3)c(=O)n12. The van der Waals surface area contributed by atoms with Crippen molar-refractivity contribution in [3.63, 3.8) is 0 Å². The van der Waals surface area contributed by atoms with Crippen LogP contribution in [0, 0.1) is 6.92 Å². The minimum atomic E-state index is -0.362. The fraction of sp³-hybridized carbons (Fsp3) is 0.400. The van der Waals surface area contributed by atoms with Gasteiger partial charge in [-0.25, -0.2) is 14.9 Å². The molecule has 2 N–H and O–H groups in total. The van der Waals surface area contributed by atoms with E-state index in [4.69, 9.17) is 0 Å². The predicted molar refractivity (Wildman–Crippen MR) is 91.2 cm³/mol. The molecule has 1 unspecified atom stereocenters. The largest absolute Gasteiger partial charge is 0.340 e. The number of carbonyl (C=O) groups excluding carboxylic acids is 1. The van der Waals surface area contributed by atoms with Crippen molar-refractivity contribution in [2.24, 2.45) is 0 Å². The number of piperidine rings is 1. The highest BCUT2D eigenvalue weighted by Crippen LogP contribution is 2.24. The molecule has 0 saturated carbocycles. The Morgan fingerprint density at radius 1 is 1.40 bits per heavy atom. The number of hydrogen-bond acceptors (Lipinski definition) is 6. The van der Waals surface area contributed by atoms with Crippen molar-refractivity contribution in [1.82, 2.24) is 29.5 Å². The van der Waals surface area contributed by atoms with E-state index in [1.165, 1.54) is 21.9 Å². The molecule has 3 aromatic rings. The molecule has 130 valence electrons. The molecule has 10 heteroatoms. The number of aromatic nitrogens is 5. The third-order valence-corrected chi connectivity index (χ3v) is 5.42. The van der Waals surface area contributed by atoms with Crippen molar-refractivity contribution in [2.75, 3.05) is 13.1 Å². The number of nitrogens with zero attached hydrogens (tertiary/aromatic N) is 4. The Bertz CT molecular complexity index is 1060. The minimum Gasteiger partial charge on any atom is -0.338 e. The summed E-state index contributed by atoms with van der Waals surface area (Å²) < 4.78 is 1.46. The van der Waals surface area contributed by atoms with Gasteiger partial charge in [0.15, 0.2) is 4.96 Å². The number of amides is 1. The molecule has 9 nitrogen and oxygen atoms in total. The van der Waals surface area contributed by atoms with Gasteiger partial charge in [0.05, 0.1) is 0 Å². The van der Waals surface area contributed by atoms with E-state index >= 15 is 0 Å². The molecule has 4 rings (SSSR count). The predicted octanol–water partition coefficient (Wildman–Crippen LogP) is 0.496. The Morgan fingerprint density at radius 2 is 2.24 bits per heavy atom. The van der Waals surface area contributed by atoms with Crippen LogP contribution in [0.25, 0.3) is 4.96 Å². The van der Waals surface area contributed by atoms with Gasteiger partial charge in [-0.2, -0.15) is 5.10 Å². The summed E-state index contributed by atoms with van der Waals surface area (Å²) in [4.78, 5) is 45.8. The molecule has 0 spiro atoms. The zero-order chi connectivity index (χ0) is 17.6. The second-order valence-electron chi connectivity index (χ2n) is 6.13. The van der Waals surface area contributed by atoms with Crippen LogP contribution in [0.3, 0.4) is 0 Å². The molecule has 1 fully saturated rings. The van der Waals surface area contributed by atoms with Crippen molar-refractivity contribution in [3.8, 4) is 0 Å².